The van der Waals surface area contributed by atoms with Gasteiger partial charge in [-0.25, -0.2) is 0 Å². The number of likely N-dealkylation sites (tertiary alicyclic amines) is 1. The smallest absolute Gasteiger partial charge is 0.295 e. The maximum absolute atomic E-state index is 13.0. The average molecular weight is 409 g/mol. The number of carbonyl (C=O) groups is 2. The first kappa shape index (κ1) is 21.4. The molecule has 0 radical (unpaired) electrons. The van der Waals surface area contributed by atoms with E-state index in [4.69, 9.17) is 9.47 Å². The van der Waals surface area contributed by atoms with Crippen molar-refractivity contribution in [2.24, 2.45) is 5.92 Å². The van der Waals surface area contributed by atoms with Gasteiger partial charge in [0.1, 0.15) is 17.3 Å². The molecule has 1 atom stereocenters. The average Bonchev–Trinajstić information content (AvgIpc) is 2.97. The maximum Gasteiger partial charge on any atom is 0.295 e. The Hall–Kier alpha value is -3.28. The number of aryl methyl sites for hydroxylation is 1. The second-order valence-corrected chi connectivity index (χ2v) is 7.82. The van der Waals surface area contributed by atoms with Crippen LogP contribution >= 0.6 is 0 Å². The van der Waals surface area contributed by atoms with Gasteiger partial charge in [-0.1, -0.05) is 43.7 Å². The first-order chi connectivity index (χ1) is 14.3. The largest absolute Gasteiger partial charge is 0.507 e. The number of rotatable bonds is 6. The van der Waals surface area contributed by atoms with Crippen LogP contribution in [0.15, 0.2) is 48.0 Å². The van der Waals surface area contributed by atoms with E-state index in [9.17, 15) is 14.7 Å². The van der Waals surface area contributed by atoms with Crippen LogP contribution < -0.4 is 9.47 Å². The Morgan fingerprint density at radius 3 is 2.30 bits per heavy atom. The molecule has 30 heavy (non-hydrogen) atoms. The van der Waals surface area contributed by atoms with Crippen LogP contribution in [0.1, 0.15) is 36.6 Å². The van der Waals surface area contributed by atoms with Gasteiger partial charge in [-0.05, 0) is 31.0 Å². The number of hydrogen-bond donors (Lipinski definition) is 1. The van der Waals surface area contributed by atoms with Crippen molar-refractivity contribution in [2.75, 3.05) is 20.8 Å². The lowest BCUT2D eigenvalue weighted by Crippen LogP contribution is -2.33. The van der Waals surface area contributed by atoms with Crippen LogP contribution in [0.5, 0.6) is 11.5 Å². The lowest BCUT2D eigenvalue weighted by atomic mass is 9.94. The molecule has 1 heterocycles. The van der Waals surface area contributed by atoms with Crippen molar-refractivity contribution in [3.8, 4) is 11.5 Å². The molecule has 1 saturated heterocycles. The fraction of sp³-hybridized carbons (Fsp3) is 0.333. The van der Waals surface area contributed by atoms with Gasteiger partial charge in [-0.2, -0.15) is 0 Å². The number of ether oxygens (including phenoxy) is 2. The van der Waals surface area contributed by atoms with Gasteiger partial charge in [0.05, 0.1) is 25.8 Å². The molecule has 0 bridgehead atoms. The topological polar surface area (TPSA) is 76.1 Å². The first-order valence-corrected chi connectivity index (χ1v) is 9.85. The second kappa shape index (κ2) is 8.61. The Labute approximate surface area is 176 Å². The molecular formula is C24H27NO5. The molecule has 0 aromatic heterocycles. The van der Waals surface area contributed by atoms with E-state index < -0.39 is 17.7 Å². The molecule has 1 N–H and O–H groups in total. The summed E-state index contributed by atoms with van der Waals surface area (Å²) in [6.45, 7) is 6.24. The normalized spacial score (nSPS) is 18.2. The highest BCUT2D eigenvalue weighted by molar-refractivity contribution is 6.46. The molecule has 3 rings (SSSR count). The maximum atomic E-state index is 13.0. The van der Waals surface area contributed by atoms with Crippen LogP contribution in [-0.2, 0) is 9.59 Å². The summed E-state index contributed by atoms with van der Waals surface area (Å²) in [5, 5.41) is 11.1. The first-order valence-electron chi connectivity index (χ1n) is 9.85. The Morgan fingerprint density at radius 1 is 1.07 bits per heavy atom. The van der Waals surface area contributed by atoms with Gasteiger partial charge in [0, 0.05) is 17.7 Å². The van der Waals surface area contributed by atoms with Gasteiger partial charge in [0.15, 0.2) is 0 Å². The number of amides is 1. The molecular weight excluding hydrogens is 382 g/mol. The van der Waals surface area contributed by atoms with E-state index in [-0.39, 0.29) is 17.3 Å². The van der Waals surface area contributed by atoms with Crippen LogP contribution in [0, 0.1) is 12.8 Å². The zero-order chi connectivity index (χ0) is 22.0. The van der Waals surface area contributed by atoms with E-state index in [0.29, 0.717) is 29.2 Å². The number of aliphatic hydroxyl groups excluding tert-OH is 1. The summed E-state index contributed by atoms with van der Waals surface area (Å²) in [5.74, 6) is -0.338. The van der Waals surface area contributed by atoms with Crippen molar-refractivity contribution in [3.05, 3.63) is 64.7 Å². The number of benzene rings is 2. The minimum atomic E-state index is -0.779. The summed E-state index contributed by atoms with van der Waals surface area (Å²) in [4.78, 5) is 27.5. The number of methoxy groups -OCH3 is 2. The highest BCUT2D eigenvalue weighted by Gasteiger charge is 2.47. The van der Waals surface area contributed by atoms with Gasteiger partial charge < -0.3 is 19.5 Å². The molecule has 1 aliphatic rings. The predicted octanol–water partition coefficient (Wildman–Crippen LogP) is 4.09. The molecule has 0 saturated carbocycles. The molecule has 0 spiro atoms. The van der Waals surface area contributed by atoms with E-state index in [1.807, 2.05) is 32.9 Å². The molecule has 6 heteroatoms. The third-order valence-corrected chi connectivity index (χ3v) is 5.16. The van der Waals surface area contributed by atoms with Gasteiger partial charge in [-0.3, -0.25) is 9.59 Å². The van der Waals surface area contributed by atoms with Crippen LogP contribution in [0.4, 0.5) is 0 Å². The van der Waals surface area contributed by atoms with Gasteiger partial charge in [-0.15, -0.1) is 0 Å². The van der Waals surface area contributed by atoms with Gasteiger partial charge in [0.2, 0.25) is 0 Å². The lowest BCUT2D eigenvalue weighted by Gasteiger charge is -2.28. The van der Waals surface area contributed by atoms with E-state index in [2.05, 4.69) is 0 Å². The van der Waals surface area contributed by atoms with Crippen LogP contribution in [-0.4, -0.2) is 42.5 Å². The summed E-state index contributed by atoms with van der Waals surface area (Å²) in [6.07, 6.45) is 0. The van der Waals surface area contributed by atoms with Crippen LogP contribution in [0.3, 0.4) is 0 Å². The molecule has 0 aliphatic carbocycles. The lowest BCUT2D eigenvalue weighted by molar-refractivity contribution is -0.140. The van der Waals surface area contributed by atoms with E-state index >= 15 is 0 Å². The van der Waals surface area contributed by atoms with Crippen molar-refractivity contribution in [1.82, 2.24) is 4.90 Å². The van der Waals surface area contributed by atoms with Crippen molar-refractivity contribution >= 4 is 17.4 Å². The summed E-state index contributed by atoms with van der Waals surface area (Å²) >= 11 is 0. The molecule has 158 valence electrons. The number of Topliss-reactive ketones (excluding diaryl/α,β-unsaturated/α-hetero) is 1. The molecule has 2 aromatic carbocycles. The van der Waals surface area contributed by atoms with Gasteiger partial charge >= 0.3 is 0 Å². The number of aliphatic hydroxyl groups is 1. The standard InChI is InChI=1S/C24H27NO5/c1-14(2)13-25-21(18-12-17(29-4)10-11-19(18)30-5)20(23(27)24(25)28)22(26)16-8-6-15(3)7-9-16/h6-12,14,21,26H,13H2,1-5H3. The van der Waals surface area contributed by atoms with Crippen LogP contribution in [0.25, 0.3) is 5.76 Å². The Bertz CT molecular complexity index is 991. The summed E-state index contributed by atoms with van der Waals surface area (Å²) in [6, 6.07) is 11.6. The fourth-order valence-corrected chi connectivity index (χ4v) is 3.71. The predicted molar refractivity (Wildman–Crippen MR) is 115 cm³/mol. The molecule has 2 aromatic rings. The zero-order valence-corrected chi connectivity index (χ0v) is 17.9. The number of ketones is 1. The minimum absolute atomic E-state index is 0.0519. The zero-order valence-electron chi connectivity index (χ0n) is 17.9. The second-order valence-electron chi connectivity index (χ2n) is 7.82. The third-order valence-electron chi connectivity index (χ3n) is 5.16. The van der Waals surface area contributed by atoms with Crippen molar-refractivity contribution in [1.29, 1.82) is 0 Å². The Kier molecular flexibility index (Phi) is 6.15. The summed E-state index contributed by atoms with van der Waals surface area (Å²) in [5.41, 5.74) is 2.15. The van der Waals surface area contributed by atoms with Crippen molar-refractivity contribution < 1.29 is 24.2 Å². The molecule has 1 fully saturated rings. The quantitative estimate of drug-likeness (QED) is 0.442. The van der Waals surface area contributed by atoms with E-state index in [1.54, 1.807) is 37.4 Å². The SMILES string of the molecule is COc1ccc(OC)c(C2C(=C(O)c3ccc(C)cc3)C(=O)C(=O)N2CC(C)C)c1. The summed E-state index contributed by atoms with van der Waals surface area (Å²) in [7, 11) is 3.07. The van der Waals surface area contributed by atoms with E-state index in [1.165, 1.54) is 12.0 Å². The minimum Gasteiger partial charge on any atom is -0.507 e. The molecule has 1 aliphatic heterocycles. The number of nitrogens with zero attached hydrogens (tertiary/aromatic N) is 1. The van der Waals surface area contributed by atoms with Crippen LogP contribution in [0.2, 0.25) is 0 Å². The van der Waals surface area contributed by atoms with Gasteiger partial charge in [0.25, 0.3) is 11.7 Å². The summed E-state index contributed by atoms with van der Waals surface area (Å²) < 4.78 is 10.9. The third kappa shape index (κ3) is 3.90. The highest BCUT2D eigenvalue weighted by Crippen LogP contribution is 2.44. The van der Waals surface area contributed by atoms with E-state index in [0.717, 1.165) is 5.56 Å². The molecule has 1 amide bonds. The monoisotopic (exact) mass is 409 g/mol. The fourth-order valence-electron chi connectivity index (χ4n) is 3.71. The Morgan fingerprint density at radius 2 is 1.73 bits per heavy atom. The highest BCUT2D eigenvalue weighted by atomic mass is 16.5. The number of hydrogen-bond acceptors (Lipinski definition) is 5. The van der Waals surface area contributed by atoms with Crippen molar-refractivity contribution in [2.45, 2.75) is 26.8 Å². The Balaban J connectivity index is 2.27. The molecule has 1 unspecified atom stereocenters. The van der Waals surface area contributed by atoms with Crippen molar-refractivity contribution in [3.63, 3.8) is 0 Å². The molecule has 6 nitrogen and oxygen atoms in total. The number of carbonyl (C=O) groups excluding carboxylic acids is 2.